The SMILES string of the molecule is CC(=O)/C(C#N)=C/c1c[nH]c2ncc(CC(C)C)cc12. The monoisotopic (exact) mass is 267 g/mol. The number of carbonyl (C=O) groups is 1. The number of pyridine rings is 1. The number of ketones is 1. The molecule has 102 valence electrons. The first-order chi connectivity index (χ1) is 9.51. The highest BCUT2D eigenvalue weighted by Crippen LogP contribution is 2.21. The summed E-state index contributed by atoms with van der Waals surface area (Å²) in [6.07, 6.45) is 6.21. The molecule has 2 aromatic rings. The third-order valence-electron chi connectivity index (χ3n) is 3.06. The highest BCUT2D eigenvalue weighted by Gasteiger charge is 2.08. The lowest BCUT2D eigenvalue weighted by Crippen LogP contribution is -1.95. The summed E-state index contributed by atoms with van der Waals surface area (Å²) in [6, 6.07) is 4.00. The molecular formula is C16H17N3O. The van der Waals surface area contributed by atoms with Crippen molar-refractivity contribution in [3.8, 4) is 6.07 Å². The van der Waals surface area contributed by atoms with Gasteiger partial charge in [0, 0.05) is 23.3 Å². The molecule has 0 bridgehead atoms. The Balaban J connectivity index is 2.50. The number of fused-ring (bicyclic) bond motifs is 1. The molecule has 0 fully saturated rings. The average molecular weight is 267 g/mol. The molecule has 2 heterocycles. The highest BCUT2D eigenvalue weighted by molar-refractivity contribution is 6.03. The Labute approximate surface area is 118 Å². The smallest absolute Gasteiger partial charge is 0.170 e. The van der Waals surface area contributed by atoms with E-state index in [9.17, 15) is 4.79 Å². The Morgan fingerprint density at radius 1 is 1.55 bits per heavy atom. The minimum Gasteiger partial charge on any atom is -0.346 e. The minimum absolute atomic E-state index is 0.153. The maximum atomic E-state index is 11.3. The third kappa shape index (κ3) is 2.94. The van der Waals surface area contributed by atoms with Gasteiger partial charge in [-0.05, 0) is 37.0 Å². The molecule has 0 saturated heterocycles. The number of nitrogens with zero attached hydrogens (tertiary/aromatic N) is 2. The van der Waals surface area contributed by atoms with E-state index in [-0.39, 0.29) is 11.4 Å². The fourth-order valence-electron chi connectivity index (χ4n) is 2.14. The topological polar surface area (TPSA) is 69.5 Å². The van der Waals surface area contributed by atoms with Gasteiger partial charge in [0.2, 0.25) is 0 Å². The normalized spacial score (nSPS) is 11.8. The van der Waals surface area contributed by atoms with E-state index in [1.807, 2.05) is 12.3 Å². The summed E-state index contributed by atoms with van der Waals surface area (Å²) in [4.78, 5) is 18.8. The van der Waals surface area contributed by atoms with Crippen LogP contribution in [0.5, 0.6) is 0 Å². The van der Waals surface area contributed by atoms with Gasteiger partial charge >= 0.3 is 0 Å². The van der Waals surface area contributed by atoms with Gasteiger partial charge in [-0.2, -0.15) is 5.26 Å². The molecule has 0 unspecified atom stereocenters. The number of carbonyl (C=O) groups excluding carboxylic acids is 1. The summed E-state index contributed by atoms with van der Waals surface area (Å²) in [6.45, 7) is 5.71. The molecular weight excluding hydrogens is 250 g/mol. The molecule has 0 aliphatic heterocycles. The number of aromatic amines is 1. The summed E-state index contributed by atoms with van der Waals surface area (Å²) < 4.78 is 0. The van der Waals surface area contributed by atoms with Gasteiger partial charge in [0.15, 0.2) is 5.78 Å². The van der Waals surface area contributed by atoms with Gasteiger partial charge in [-0.25, -0.2) is 4.98 Å². The molecule has 0 amide bonds. The van der Waals surface area contributed by atoms with Crippen LogP contribution in [0.2, 0.25) is 0 Å². The second-order valence-electron chi connectivity index (χ2n) is 5.31. The van der Waals surface area contributed by atoms with Crippen LogP contribution in [0.15, 0.2) is 24.0 Å². The Bertz CT molecular complexity index is 717. The van der Waals surface area contributed by atoms with Crippen LogP contribution in [0.1, 0.15) is 31.9 Å². The van der Waals surface area contributed by atoms with Gasteiger partial charge < -0.3 is 4.98 Å². The highest BCUT2D eigenvalue weighted by atomic mass is 16.1. The second kappa shape index (κ2) is 5.70. The van der Waals surface area contributed by atoms with E-state index in [0.717, 1.165) is 28.6 Å². The molecule has 0 saturated carbocycles. The molecule has 0 radical (unpaired) electrons. The van der Waals surface area contributed by atoms with Gasteiger partial charge in [0.05, 0.1) is 5.57 Å². The second-order valence-corrected chi connectivity index (χ2v) is 5.31. The summed E-state index contributed by atoms with van der Waals surface area (Å²) in [7, 11) is 0. The van der Waals surface area contributed by atoms with Crippen LogP contribution in [-0.2, 0) is 11.2 Å². The van der Waals surface area contributed by atoms with Gasteiger partial charge in [-0.3, -0.25) is 4.79 Å². The van der Waals surface area contributed by atoms with Crippen LogP contribution in [0.4, 0.5) is 0 Å². The van der Waals surface area contributed by atoms with Crippen molar-refractivity contribution in [3.05, 3.63) is 35.2 Å². The molecule has 0 aliphatic carbocycles. The maximum absolute atomic E-state index is 11.3. The van der Waals surface area contributed by atoms with Crippen LogP contribution in [-0.4, -0.2) is 15.8 Å². The van der Waals surface area contributed by atoms with Gasteiger partial charge in [0.25, 0.3) is 0 Å². The predicted octanol–water partition coefficient (Wildman–Crippen LogP) is 3.26. The van der Waals surface area contributed by atoms with Crippen molar-refractivity contribution in [2.45, 2.75) is 27.2 Å². The third-order valence-corrected chi connectivity index (χ3v) is 3.06. The molecule has 20 heavy (non-hydrogen) atoms. The van der Waals surface area contributed by atoms with Crippen LogP contribution < -0.4 is 0 Å². The van der Waals surface area contributed by atoms with E-state index in [2.05, 4.69) is 29.9 Å². The standard InChI is InChI=1S/C16H17N3O/c1-10(2)4-12-5-15-14(6-13(7-17)11(3)20)9-19-16(15)18-8-12/h5-6,8-10H,4H2,1-3H3,(H,18,19)/b13-6+. The van der Waals surface area contributed by atoms with Crippen molar-refractivity contribution in [2.24, 2.45) is 5.92 Å². The number of hydrogen-bond donors (Lipinski definition) is 1. The lowest BCUT2D eigenvalue weighted by atomic mass is 10.0. The molecule has 2 rings (SSSR count). The Hall–Kier alpha value is -2.41. The van der Waals surface area contributed by atoms with E-state index in [4.69, 9.17) is 5.26 Å². The van der Waals surface area contributed by atoms with E-state index in [0.29, 0.717) is 5.92 Å². The van der Waals surface area contributed by atoms with Crippen molar-refractivity contribution in [1.82, 2.24) is 9.97 Å². The predicted molar refractivity (Wildman–Crippen MR) is 78.9 cm³/mol. The fourth-order valence-corrected chi connectivity index (χ4v) is 2.14. The molecule has 0 atom stereocenters. The summed E-state index contributed by atoms with van der Waals surface area (Å²) in [5, 5.41) is 9.92. The van der Waals surface area contributed by atoms with Crippen LogP contribution in [0.3, 0.4) is 0 Å². The van der Waals surface area contributed by atoms with E-state index < -0.39 is 0 Å². The number of Topliss-reactive ketones (excluding diaryl/α,β-unsaturated/α-hetero) is 1. The largest absolute Gasteiger partial charge is 0.346 e. The number of aromatic nitrogens is 2. The van der Waals surface area contributed by atoms with Crippen molar-refractivity contribution in [1.29, 1.82) is 5.26 Å². The summed E-state index contributed by atoms with van der Waals surface area (Å²) in [5.74, 6) is 0.326. The summed E-state index contributed by atoms with van der Waals surface area (Å²) >= 11 is 0. The molecule has 4 nitrogen and oxygen atoms in total. The van der Waals surface area contributed by atoms with Crippen molar-refractivity contribution in [2.75, 3.05) is 0 Å². The van der Waals surface area contributed by atoms with Crippen LogP contribution in [0, 0.1) is 17.2 Å². The Morgan fingerprint density at radius 3 is 2.90 bits per heavy atom. The number of H-pyrrole nitrogens is 1. The van der Waals surface area contributed by atoms with Crippen molar-refractivity contribution >= 4 is 22.9 Å². The van der Waals surface area contributed by atoms with Gasteiger partial charge in [0.1, 0.15) is 11.7 Å². The minimum atomic E-state index is -0.229. The van der Waals surface area contributed by atoms with Crippen LogP contribution in [0.25, 0.3) is 17.1 Å². The van der Waals surface area contributed by atoms with Crippen molar-refractivity contribution in [3.63, 3.8) is 0 Å². The molecule has 0 aromatic carbocycles. The van der Waals surface area contributed by atoms with E-state index >= 15 is 0 Å². The average Bonchev–Trinajstić information content (AvgIpc) is 2.77. The van der Waals surface area contributed by atoms with Gasteiger partial charge in [-0.1, -0.05) is 13.8 Å². The van der Waals surface area contributed by atoms with E-state index in [1.54, 1.807) is 12.3 Å². The molecule has 2 aromatic heterocycles. The Kier molecular flexibility index (Phi) is 3.99. The fraction of sp³-hybridized carbons (Fsp3) is 0.312. The first-order valence-electron chi connectivity index (χ1n) is 6.60. The number of rotatable bonds is 4. The molecule has 4 heteroatoms. The lowest BCUT2D eigenvalue weighted by Gasteiger charge is -2.04. The lowest BCUT2D eigenvalue weighted by molar-refractivity contribution is -0.113. The quantitative estimate of drug-likeness (QED) is 0.682. The molecule has 0 aliphatic rings. The van der Waals surface area contributed by atoms with E-state index in [1.165, 1.54) is 6.92 Å². The zero-order chi connectivity index (χ0) is 14.7. The first kappa shape index (κ1) is 14.0. The number of hydrogen-bond acceptors (Lipinski definition) is 3. The first-order valence-corrected chi connectivity index (χ1v) is 6.60. The Morgan fingerprint density at radius 2 is 2.30 bits per heavy atom. The zero-order valence-corrected chi connectivity index (χ0v) is 11.9. The molecule has 1 N–H and O–H groups in total. The number of allylic oxidation sites excluding steroid dienone is 1. The molecule has 0 spiro atoms. The van der Waals surface area contributed by atoms with Gasteiger partial charge in [-0.15, -0.1) is 0 Å². The zero-order valence-electron chi connectivity index (χ0n) is 11.9. The number of nitriles is 1. The maximum Gasteiger partial charge on any atom is 0.170 e. The summed E-state index contributed by atoms with van der Waals surface area (Å²) in [5.41, 5.74) is 2.90. The van der Waals surface area contributed by atoms with Crippen LogP contribution >= 0.6 is 0 Å². The van der Waals surface area contributed by atoms with Crippen molar-refractivity contribution < 1.29 is 4.79 Å². The number of nitrogens with one attached hydrogen (secondary N) is 1.